The molecule has 6 rings (SSSR count). The molecule has 194 valence electrons. The van der Waals surface area contributed by atoms with E-state index in [4.69, 9.17) is 5.41 Å². The number of halogens is 1. The molecule has 2 fully saturated rings. The van der Waals surface area contributed by atoms with Gasteiger partial charge >= 0.3 is 0 Å². The van der Waals surface area contributed by atoms with Crippen molar-refractivity contribution >= 4 is 35.0 Å². The van der Waals surface area contributed by atoms with Crippen molar-refractivity contribution in [3.63, 3.8) is 0 Å². The van der Waals surface area contributed by atoms with Crippen molar-refractivity contribution in [1.29, 1.82) is 5.41 Å². The van der Waals surface area contributed by atoms with E-state index in [0.717, 1.165) is 65.2 Å². The minimum atomic E-state index is -0.365. The number of anilines is 1. The van der Waals surface area contributed by atoms with Crippen LogP contribution in [0.3, 0.4) is 0 Å². The van der Waals surface area contributed by atoms with Crippen LogP contribution in [-0.2, 0) is 0 Å². The summed E-state index contributed by atoms with van der Waals surface area (Å²) in [6.07, 6.45) is 17.3. The molecule has 0 unspecified atom stereocenters. The molecule has 1 saturated carbocycles. The first kappa shape index (κ1) is 24.6. The van der Waals surface area contributed by atoms with Crippen molar-refractivity contribution in [2.24, 2.45) is 0 Å². The standard InChI is InChI=1S/C29H30FN7S/c30-23-2-6-28(34-17-23)21-11-20(12-24(13-21)36-38-26-3-4-26)27(14-31)29-5-1-19(15-33-29)22-16-35-37(18-22)25-7-9-32-10-8-25/h1-2,5-6,11-18,25-26,31-33,36H,3-4,7-10H2/b29-27+,31-14?. The van der Waals surface area contributed by atoms with E-state index in [-0.39, 0.29) is 5.82 Å². The summed E-state index contributed by atoms with van der Waals surface area (Å²) in [5.74, 6) is -0.365. The molecule has 2 aromatic heterocycles. The SMILES string of the molecule is N=C/C(=C1/C=CC(c2cnn(C3CCNCC3)c2)=CN1)c1cc(NSC2CC2)cc(-c2ccc(F)cn2)c1. The summed E-state index contributed by atoms with van der Waals surface area (Å²) in [6, 6.07) is 9.61. The van der Waals surface area contributed by atoms with Gasteiger partial charge in [0.2, 0.25) is 0 Å². The maximum atomic E-state index is 13.5. The summed E-state index contributed by atoms with van der Waals surface area (Å²) >= 11 is 1.72. The lowest BCUT2D eigenvalue weighted by molar-refractivity contribution is 0.343. The Kier molecular flexibility index (Phi) is 7.11. The number of hydrogen-bond donors (Lipinski definition) is 4. The zero-order valence-electron chi connectivity index (χ0n) is 21.0. The minimum absolute atomic E-state index is 0.365. The van der Waals surface area contributed by atoms with Crippen LogP contribution in [0.1, 0.15) is 42.9 Å². The number of dihydropyridines is 1. The van der Waals surface area contributed by atoms with Gasteiger partial charge in [-0.25, -0.2) is 4.39 Å². The lowest BCUT2D eigenvalue weighted by atomic mass is 9.98. The number of aromatic nitrogens is 3. The topological polar surface area (TPSA) is 90.7 Å². The highest BCUT2D eigenvalue weighted by molar-refractivity contribution is 8.01. The van der Waals surface area contributed by atoms with Crippen molar-refractivity contribution in [2.75, 3.05) is 17.8 Å². The molecule has 9 heteroatoms. The summed E-state index contributed by atoms with van der Waals surface area (Å²) in [6.45, 7) is 2.05. The molecule has 0 bridgehead atoms. The van der Waals surface area contributed by atoms with Crippen molar-refractivity contribution in [3.8, 4) is 11.3 Å². The van der Waals surface area contributed by atoms with E-state index in [1.807, 2.05) is 36.7 Å². The molecule has 0 atom stereocenters. The van der Waals surface area contributed by atoms with E-state index in [0.29, 0.717) is 17.0 Å². The fourth-order valence-electron chi connectivity index (χ4n) is 4.72. The molecule has 1 saturated heterocycles. The first-order valence-electron chi connectivity index (χ1n) is 13.0. The molecule has 1 aliphatic carbocycles. The number of benzene rings is 1. The second-order valence-electron chi connectivity index (χ2n) is 9.82. The molecule has 3 aromatic rings. The summed E-state index contributed by atoms with van der Waals surface area (Å²) in [4.78, 5) is 4.28. The van der Waals surface area contributed by atoms with Gasteiger partial charge in [-0.05, 0) is 92.7 Å². The van der Waals surface area contributed by atoms with Crippen molar-refractivity contribution < 1.29 is 4.39 Å². The summed E-state index contributed by atoms with van der Waals surface area (Å²) in [7, 11) is 0. The van der Waals surface area contributed by atoms with Gasteiger partial charge in [-0.3, -0.25) is 9.67 Å². The van der Waals surface area contributed by atoms with Crippen molar-refractivity contribution in [1.82, 2.24) is 25.4 Å². The van der Waals surface area contributed by atoms with E-state index >= 15 is 0 Å². The average molecular weight is 528 g/mol. The van der Waals surface area contributed by atoms with Crippen LogP contribution < -0.4 is 15.4 Å². The highest BCUT2D eigenvalue weighted by atomic mass is 32.2. The van der Waals surface area contributed by atoms with Gasteiger partial charge in [-0.15, -0.1) is 0 Å². The summed E-state index contributed by atoms with van der Waals surface area (Å²) < 4.78 is 19.1. The molecule has 1 aromatic carbocycles. The van der Waals surface area contributed by atoms with Gasteiger partial charge in [0.05, 0.1) is 24.1 Å². The van der Waals surface area contributed by atoms with Gasteiger partial charge in [-0.1, -0.05) is 6.08 Å². The predicted molar refractivity (Wildman–Crippen MR) is 153 cm³/mol. The van der Waals surface area contributed by atoms with Crippen LogP contribution in [0.25, 0.3) is 22.4 Å². The maximum Gasteiger partial charge on any atom is 0.141 e. The van der Waals surface area contributed by atoms with Crippen LogP contribution >= 0.6 is 11.9 Å². The number of pyridine rings is 1. The van der Waals surface area contributed by atoms with E-state index in [2.05, 4.69) is 42.4 Å². The van der Waals surface area contributed by atoms with Gasteiger partial charge in [0.25, 0.3) is 0 Å². The molecular formula is C29H30FN7S. The molecule has 0 spiro atoms. The molecule has 7 nitrogen and oxygen atoms in total. The van der Waals surface area contributed by atoms with Crippen LogP contribution in [0.4, 0.5) is 10.1 Å². The molecular weight excluding hydrogens is 497 g/mol. The Hall–Kier alpha value is -3.69. The maximum absolute atomic E-state index is 13.5. The van der Waals surface area contributed by atoms with Crippen LogP contribution in [0.15, 0.2) is 73.0 Å². The van der Waals surface area contributed by atoms with Gasteiger partial charge < -0.3 is 20.8 Å². The van der Waals surface area contributed by atoms with E-state index < -0.39 is 0 Å². The molecule has 0 amide bonds. The Morgan fingerprint density at radius 3 is 2.66 bits per heavy atom. The van der Waals surface area contributed by atoms with Crippen LogP contribution in [0.5, 0.6) is 0 Å². The Morgan fingerprint density at radius 2 is 1.95 bits per heavy atom. The molecule has 38 heavy (non-hydrogen) atoms. The lowest BCUT2D eigenvalue weighted by Gasteiger charge is -2.22. The zero-order chi connectivity index (χ0) is 25.9. The lowest BCUT2D eigenvalue weighted by Crippen LogP contribution is -2.29. The molecule has 3 aliphatic rings. The Bertz CT molecular complexity index is 1410. The molecule has 4 N–H and O–H groups in total. The van der Waals surface area contributed by atoms with E-state index in [9.17, 15) is 4.39 Å². The van der Waals surface area contributed by atoms with Gasteiger partial charge in [-0.2, -0.15) is 5.10 Å². The van der Waals surface area contributed by atoms with Crippen molar-refractivity contribution in [2.45, 2.75) is 37.0 Å². The number of hydrogen-bond acceptors (Lipinski definition) is 7. The largest absolute Gasteiger partial charge is 0.361 e. The van der Waals surface area contributed by atoms with Crippen LogP contribution in [0, 0.1) is 11.2 Å². The first-order valence-corrected chi connectivity index (χ1v) is 13.9. The van der Waals surface area contributed by atoms with Crippen LogP contribution in [0.2, 0.25) is 0 Å². The summed E-state index contributed by atoms with van der Waals surface area (Å²) in [5, 5.41) is 20.3. The normalized spacial score (nSPS) is 19.0. The fourth-order valence-corrected chi connectivity index (χ4v) is 5.51. The number of piperidine rings is 1. The van der Waals surface area contributed by atoms with E-state index in [1.54, 1.807) is 18.0 Å². The number of rotatable bonds is 8. The monoisotopic (exact) mass is 527 g/mol. The third-order valence-electron chi connectivity index (χ3n) is 7.00. The average Bonchev–Trinajstić information content (AvgIpc) is 3.67. The molecule has 4 heterocycles. The smallest absolute Gasteiger partial charge is 0.141 e. The third-order valence-corrected chi connectivity index (χ3v) is 8.16. The summed E-state index contributed by atoms with van der Waals surface area (Å²) in [5.41, 5.74) is 7.06. The Balaban J connectivity index is 1.27. The Morgan fingerprint density at radius 1 is 1.08 bits per heavy atom. The number of nitrogens with zero attached hydrogens (tertiary/aromatic N) is 3. The van der Waals surface area contributed by atoms with Gasteiger partial charge in [0.15, 0.2) is 0 Å². The van der Waals surface area contributed by atoms with Gasteiger partial charge in [0, 0.05) is 57.5 Å². The highest BCUT2D eigenvalue weighted by Gasteiger charge is 2.22. The predicted octanol–water partition coefficient (Wildman–Crippen LogP) is 5.79. The zero-order valence-corrected chi connectivity index (χ0v) is 21.8. The second kappa shape index (κ2) is 11.0. The minimum Gasteiger partial charge on any atom is -0.361 e. The quantitative estimate of drug-likeness (QED) is 0.219. The molecule has 2 aliphatic heterocycles. The second-order valence-corrected chi connectivity index (χ2v) is 10.9. The number of nitrogens with one attached hydrogen (secondary N) is 4. The van der Waals surface area contributed by atoms with Crippen molar-refractivity contribution in [3.05, 3.63) is 89.9 Å². The third kappa shape index (κ3) is 5.58. The Labute approximate surface area is 226 Å². The first-order chi connectivity index (χ1) is 18.7. The molecule has 0 radical (unpaired) electrons. The van der Waals surface area contributed by atoms with Gasteiger partial charge in [0.1, 0.15) is 5.82 Å². The highest BCUT2D eigenvalue weighted by Crippen LogP contribution is 2.36. The van der Waals surface area contributed by atoms with E-state index in [1.165, 1.54) is 31.3 Å². The fraction of sp³-hybridized carbons (Fsp3) is 0.276. The number of allylic oxidation sites excluding steroid dienone is 4. The van der Waals surface area contributed by atoms with Crippen LogP contribution in [-0.4, -0.2) is 39.3 Å².